The SMILES string of the molecule is COC(=O)/C(N)=N\O. The predicted octanol–water partition coefficient (Wildman–Crippen LogP) is -1.09. The van der Waals surface area contributed by atoms with Crippen molar-refractivity contribution < 1.29 is 14.7 Å². The second kappa shape index (κ2) is 2.84. The average Bonchev–Trinajstić information content (AvgIpc) is 1.84. The van der Waals surface area contributed by atoms with E-state index < -0.39 is 11.8 Å². The van der Waals surface area contributed by atoms with Crippen molar-refractivity contribution in [1.29, 1.82) is 0 Å². The Balaban J connectivity index is 3.83. The third-order valence-electron chi connectivity index (χ3n) is 0.502. The van der Waals surface area contributed by atoms with Gasteiger partial charge in [0.25, 0.3) is 0 Å². The molecule has 0 aromatic rings. The largest absolute Gasteiger partial charge is 0.463 e. The van der Waals surface area contributed by atoms with Crippen LogP contribution >= 0.6 is 0 Å². The van der Waals surface area contributed by atoms with E-state index in [1.54, 1.807) is 0 Å². The van der Waals surface area contributed by atoms with Gasteiger partial charge in [0.05, 0.1) is 7.11 Å². The Morgan fingerprint density at radius 1 is 1.88 bits per heavy atom. The molecule has 0 saturated heterocycles. The standard InChI is InChI=1S/C3H6N2O3/c1-8-3(6)2(4)5-7/h7H,1H3,(H2,4,5). The highest BCUT2D eigenvalue weighted by Gasteiger charge is 2.04. The Labute approximate surface area is 45.7 Å². The van der Waals surface area contributed by atoms with Crippen molar-refractivity contribution >= 4 is 11.8 Å². The highest BCUT2D eigenvalue weighted by atomic mass is 16.5. The maximum atomic E-state index is 10.1. The molecule has 0 heterocycles. The Bertz CT molecular complexity index is 120. The zero-order valence-electron chi connectivity index (χ0n) is 4.29. The van der Waals surface area contributed by atoms with Crippen molar-refractivity contribution in [1.82, 2.24) is 0 Å². The number of rotatable bonds is 0. The molecule has 0 saturated carbocycles. The lowest BCUT2D eigenvalue weighted by Crippen LogP contribution is -2.24. The topological polar surface area (TPSA) is 84.9 Å². The molecule has 0 aliphatic carbocycles. The van der Waals surface area contributed by atoms with E-state index in [0.717, 1.165) is 7.11 Å². The molecule has 46 valence electrons. The number of amidine groups is 1. The first-order valence-electron chi connectivity index (χ1n) is 1.78. The second-order valence-corrected chi connectivity index (χ2v) is 0.977. The van der Waals surface area contributed by atoms with Gasteiger partial charge in [-0.1, -0.05) is 5.16 Å². The number of nitrogens with two attached hydrogens (primary N) is 1. The van der Waals surface area contributed by atoms with E-state index in [1.807, 2.05) is 0 Å². The molecule has 0 rings (SSSR count). The number of nitrogens with zero attached hydrogens (tertiary/aromatic N) is 1. The van der Waals surface area contributed by atoms with Gasteiger partial charge in [0.1, 0.15) is 0 Å². The molecule has 0 aromatic heterocycles. The molecule has 0 spiro atoms. The molecule has 0 radical (unpaired) electrons. The minimum absolute atomic E-state index is 0.549. The summed E-state index contributed by atoms with van der Waals surface area (Å²) in [6, 6.07) is 0. The van der Waals surface area contributed by atoms with Gasteiger partial charge in [-0.25, -0.2) is 4.79 Å². The van der Waals surface area contributed by atoms with Crippen LogP contribution in [-0.2, 0) is 9.53 Å². The highest BCUT2D eigenvalue weighted by Crippen LogP contribution is 1.70. The van der Waals surface area contributed by atoms with E-state index in [0.29, 0.717) is 0 Å². The molecule has 0 aliphatic rings. The van der Waals surface area contributed by atoms with Crippen LogP contribution in [0.3, 0.4) is 0 Å². The lowest BCUT2D eigenvalue weighted by molar-refractivity contribution is -0.132. The van der Waals surface area contributed by atoms with Gasteiger partial charge in [0.15, 0.2) is 0 Å². The normalized spacial score (nSPS) is 10.9. The first-order chi connectivity index (χ1) is 3.72. The van der Waals surface area contributed by atoms with Crippen LogP contribution in [0.15, 0.2) is 5.16 Å². The van der Waals surface area contributed by atoms with Gasteiger partial charge in [0.2, 0.25) is 5.84 Å². The van der Waals surface area contributed by atoms with Crippen molar-refractivity contribution in [3.8, 4) is 0 Å². The molecule has 0 atom stereocenters. The summed E-state index contributed by atoms with van der Waals surface area (Å²) in [7, 11) is 1.14. The number of ether oxygens (including phenoxy) is 1. The zero-order valence-corrected chi connectivity index (χ0v) is 4.29. The smallest absolute Gasteiger partial charge is 0.376 e. The molecule has 0 fully saturated rings. The number of methoxy groups -OCH3 is 1. The first kappa shape index (κ1) is 6.74. The fourth-order valence-electron chi connectivity index (χ4n) is 0.145. The number of carbonyl (C=O) groups is 1. The van der Waals surface area contributed by atoms with E-state index in [-0.39, 0.29) is 0 Å². The van der Waals surface area contributed by atoms with Crippen LogP contribution in [-0.4, -0.2) is 24.1 Å². The zero-order chi connectivity index (χ0) is 6.57. The summed E-state index contributed by atoms with van der Waals surface area (Å²) < 4.78 is 4.05. The molecule has 8 heavy (non-hydrogen) atoms. The lowest BCUT2D eigenvalue weighted by atomic mass is 10.6. The van der Waals surface area contributed by atoms with Crippen LogP contribution in [0, 0.1) is 0 Å². The summed E-state index contributed by atoms with van der Waals surface area (Å²) in [5.41, 5.74) is 4.75. The van der Waals surface area contributed by atoms with Gasteiger partial charge in [0, 0.05) is 0 Å². The summed E-state index contributed by atoms with van der Waals surface area (Å²) in [4.78, 5) is 10.1. The fraction of sp³-hybridized carbons (Fsp3) is 0.333. The van der Waals surface area contributed by atoms with E-state index in [4.69, 9.17) is 10.9 Å². The van der Waals surface area contributed by atoms with Crippen molar-refractivity contribution in [3.05, 3.63) is 0 Å². The number of oxime groups is 1. The summed E-state index contributed by atoms with van der Waals surface area (Å²) in [5, 5.41) is 10.2. The summed E-state index contributed by atoms with van der Waals surface area (Å²) in [5.74, 6) is -1.39. The molecule has 0 aliphatic heterocycles. The molecular weight excluding hydrogens is 112 g/mol. The van der Waals surface area contributed by atoms with Crippen LogP contribution in [0.25, 0.3) is 0 Å². The van der Waals surface area contributed by atoms with Crippen molar-refractivity contribution in [2.75, 3.05) is 7.11 Å². The maximum absolute atomic E-state index is 10.1. The number of esters is 1. The van der Waals surface area contributed by atoms with Crippen molar-refractivity contribution in [2.24, 2.45) is 10.9 Å². The summed E-state index contributed by atoms with van der Waals surface area (Å²) in [6.45, 7) is 0. The molecule has 0 unspecified atom stereocenters. The minimum Gasteiger partial charge on any atom is -0.463 e. The number of carbonyl (C=O) groups excluding carboxylic acids is 1. The van der Waals surface area contributed by atoms with Crippen LogP contribution in [0.2, 0.25) is 0 Å². The van der Waals surface area contributed by atoms with Gasteiger partial charge in [-0.15, -0.1) is 0 Å². The van der Waals surface area contributed by atoms with Crippen LogP contribution in [0.5, 0.6) is 0 Å². The monoisotopic (exact) mass is 118 g/mol. The Morgan fingerprint density at radius 3 is 2.50 bits per heavy atom. The fourth-order valence-corrected chi connectivity index (χ4v) is 0.145. The van der Waals surface area contributed by atoms with Crippen LogP contribution in [0.4, 0.5) is 0 Å². The van der Waals surface area contributed by atoms with Gasteiger partial charge in [-0.3, -0.25) is 0 Å². The summed E-state index contributed by atoms with van der Waals surface area (Å²) >= 11 is 0. The van der Waals surface area contributed by atoms with E-state index >= 15 is 0 Å². The molecule has 5 nitrogen and oxygen atoms in total. The molecule has 3 N–H and O–H groups in total. The highest BCUT2D eigenvalue weighted by molar-refractivity contribution is 6.34. The maximum Gasteiger partial charge on any atom is 0.376 e. The predicted molar refractivity (Wildman–Crippen MR) is 25.4 cm³/mol. The molecule has 0 bridgehead atoms. The van der Waals surface area contributed by atoms with Gasteiger partial charge in [-0.05, 0) is 0 Å². The molecular formula is C3H6N2O3. The minimum atomic E-state index is -0.840. The molecule has 5 heteroatoms. The molecule has 0 amide bonds. The number of hydrogen-bond acceptors (Lipinski definition) is 4. The van der Waals surface area contributed by atoms with Gasteiger partial charge < -0.3 is 15.7 Å². The second-order valence-electron chi connectivity index (χ2n) is 0.977. The van der Waals surface area contributed by atoms with E-state index in [2.05, 4.69) is 9.89 Å². The number of hydrogen-bond donors (Lipinski definition) is 2. The van der Waals surface area contributed by atoms with Crippen molar-refractivity contribution in [2.45, 2.75) is 0 Å². The Morgan fingerprint density at radius 2 is 2.38 bits per heavy atom. The first-order valence-corrected chi connectivity index (χ1v) is 1.78. The van der Waals surface area contributed by atoms with Crippen LogP contribution < -0.4 is 5.73 Å². The lowest BCUT2D eigenvalue weighted by Gasteiger charge is -1.91. The third-order valence-corrected chi connectivity index (χ3v) is 0.502. The van der Waals surface area contributed by atoms with E-state index in [9.17, 15) is 4.79 Å². The van der Waals surface area contributed by atoms with E-state index in [1.165, 1.54) is 0 Å². The van der Waals surface area contributed by atoms with Crippen LogP contribution in [0.1, 0.15) is 0 Å². The Hall–Kier alpha value is -1.26. The van der Waals surface area contributed by atoms with Gasteiger partial charge in [-0.2, -0.15) is 0 Å². The third kappa shape index (κ3) is 1.46. The average molecular weight is 118 g/mol. The molecule has 0 aromatic carbocycles. The van der Waals surface area contributed by atoms with Gasteiger partial charge >= 0.3 is 5.97 Å². The van der Waals surface area contributed by atoms with Crippen molar-refractivity contribution in [3.63, 3.8) is 0 Å². The quantitative estimate of drug-likeness (QED) is 0.139. The summed E-state index contributed by atoms with van der Waals surface area (Å²) in [6.07, 6.45) is 0. The Kier molecular flexibility index (Phi) is 2.39.